The van der Waals surface area contributed by atoms with Crippen LogP contribution in [0.1, 0.15) is 31.7 Å². The van der Waals surface area contributed by atoms with E-state index in [1.54, 1.807) is 0 Å². The Morgan fingerprint density at radius 2 is 1.89 bits per heavy atom. The van der Waals surface area contributed by atoms with E-state index >= 15 is 0 Å². The molecule has 1 aliphatic heterocycles. The molecule has 2 aromatic rings. The first-order valence-electron chi connectivity index (χ1n) is 11.0. The van der Waals surface area contributed by atoms with Crippen molar-refractivity contribution in [3.05, 3.63) is 53.6 Å². The molecule has 14 heteroatoms. The van der Waals surface area contributed by atoms with Crippen molar-refractivity contribution in [1.29, 1.82) is 0 Å². The number of halogens is 5. The monoisotopic (exact) mass is 567 g/mol. The number of nitrogens with two attached hydrogens (primary N) is 1. The van der Waals surface area contributed by atoms with Gasteiger partial charge in [-0.25, -0.2) is 12.8 Å². The summed E-state index contributed by atoms with van der Waals surface area (Å²) in [5.41, 5.74) is 5.69. The third-order valence-corrected chi connectivity index (χ3v) is 9.02. The second kappa shape index (κ2) is 10.7. The number of hydrogen-bond acceptors (Lipinski definition) is 6. The van der Waals surface area contributed by atoms with Crippen molar-refractivity contribution >= 4 is 39.1 Å². The molecule has 1 heterocycles. The number of amides is 1. The molecule has 0 radical (unpaired) electrons. The van der Waals surface area contributed by atoms with Crippen LogP contribution < -0.4 is 20.5 Å². The zero-order valence-electron chi connectivity index (χ0n) is 20.0. The second-order valence-electron chi connectivity index (χ2n) is 8.99. The Morgan fingerprint density at radius 3 is 2.49 bits per heavy atom. The maximum absolute atomic E-state index is 14.4. The number of nitrogens with one attached hydrogen (secondary N) is 2. The Labute approximate surface area is 215 Å². The van der Waals surface area contributed by atoms with Gasteiger partial charge in [0.2, 0.25) is 21.7 Å². The minimum atomic E-state index is -4.70. The van der Waals surface area contributed by atoms with E-state index in [-0.39, 0.29) is 22.7 Å². The van der Waals surface area contributed by atoms with Gasteiger partial charge in [0, 0.05) is 23.2 Å². The van der Waals surface area contributed by atoms with Crippen molar-refractivity contribution in [2.45, 2.75) is 48.4 Å². The number of benzene rings is 2. The Kier molecular flexibility index (Phi) is 8.35. The van der Waals surface area contributed by atoms with E-state index in [1.807, 2.05) is 0 Å². The molecule has 37 heavy (non-hydrogen) atoms. The first-order chi connectivity index (χ1) is 17.1. The predicted octanol–water partition coefficient (Wildman–Crippen LogP) is 4.61. The van der Waals surface area contributed by atoms with Gasteiger partial charge in [-0.05, 0) is 44.5 Å². The topological polar surface area (TPSA) is 111 Å². The molecule has 0 spiro atoms. The average molecular weight is 568 g/mol. The zero-order chi connectivity index (χ0) is 27.8. The van der Waals surface area contributed by atoms with E-state index in [0.29, 0.717) is 11.8 Å². The summed E-state index contributed by atoms with van der Waals surface area (Å²) in [6.45, 7) is 2.46. The van der Waals surface area contributed by atoms with Gasteiger partial charge in [0.25, 0.3) is 0 Å². The molecule has 1 amide bonds. The quantitative estimate of drug-likeness (QED) is 0.402. The van der Waals surface area contributed by atoms with Crippen molar-refractivity contribution < 1.29 is 39.9 Å². The van der Waals surface area contributed by atoms with Crippen molar-refractivity contribution in [2.75, 3.05) is 22.9 Å². The smallest absolute Gasteiger partial charge is 0.403 e. The van der Waals surface area contributed by atoms with Gasteiger partial charge in [-0.3, -0.25) is 9.52 Å². The van der Waals surface area contributed by atoms with E-state index < -0.39 is 67.9 Å². The lowest BCUT2D eigenvalue weighted by atomic mass is 9.85. The first kappa shape index (κ1) is 29.0. The van der Waals surface area contributed by atoms with Crippen LogP contribution in [0.15, 0.2) is 36.4 Å². The van der Waals surface area contributed by atoms with Gasteiger partial charge in [0.15, 0.2) is 11.6 Å². The van der Waals surface area contributed by atoms with Gasteiger partial charge in [-0.15, -0.1) is 11.8 Å². The molecule has 0 aromatic heterocycles. The lowest BCUT2D eigenvalue weighted by molar-refractivity contribution is -0.155. The molecule has 1 saturated heterocycles. The largest absolute Gasteiger partial charge is 0.493 e. The minimum absolute atomic E-state index is 0.0700. The number of methoxy groups -OCH3 is 1. The highest BCUT2D eigenvalue weighted by Crippen LogP contribution is 2.59. The van der Waals surface area contributed by atoms with Crippen LogP contribution in [-0.4, -0.2) is 49.4 Å². The van der Waals surface area contributed by atoms with Gasteiger partial charge in [-0.1, -0.05) is 12.1 Å². The lowest BCUT2D eigenvalue weighted by Gasteiger charge is -2.26. The van der Waals surface area contributed by atoms with Gasteiger partial charge in [0.05, 0.1) is 23.8 Å². The number of anilines is 2. The molecule has 0 saturated carbocycles. The molecule has 7 nitrogen and oxygen atoms in total. The lowest BCUT2D eigenvalue weighted by Crippen LogP contribution is -2.37. The molecule has 4 N–H and O–H groups in total. The van der Waals surface area contributed by atoms with E-state index in [1.165, 1.54) is 31.2 Å². The van der Waals surface area contributed by atoms with E-state index in [4.69, 9.17) is 10.5 Å². The van der Waals surface area contributed by atoms with Crippen LogP contribution in [0.2, 0.25) is 0 Å². The molecule has 4 atom stereocenters. The molecule has 2 aromatic carbocycles. The third-order valence-electron chi connectivity index (χ3n) is 5.79. The number of sulfonamides is 1. The standard InChI is InChI=1S/C23H26F5N3O4S2/c1-12(29)11-37(33,34)31-14-6-4-5-13(9-14)30-21(32)20-16(10-22(2,36-20)23(26,27)28)15-7-8-17(24)18(25)19(15)35-3/h4-9,12,16,20,31H,10-11,29H2,1-3H3,(H,30,32)/t12?,16-,20+,22+/m0/s1. The molecular weight excluding hydrogens is 541 g/mol. The van der Waals surface area contributed by atoms with E-state index in [0.717, 1.165) is 26.2 Å². The zero-order valence-corrected chi connectivity index (χ0v) is 21.7. The SMILES string of the molecule is COc1c([C@@H]2C[C@](C)(C(F)(F)F)S[C@H]2C(=O)Nc2cccc(NS(=O)(=O)CC(C)N)c2)ccc(F)c1F. The fourth-order valence-corrected chi connectivity index (χ4v) is 6.92. The maximum Gasteiger partial charge on any atom is 0.403 e. The van der Waals surface area contributed by atoms with Crippen LogP contribution in [-0.2, 0) is 14.8 Å². The van der Waals surface area contributed by atoms with Crippen molar-refractivity contribution in [3.8, 4) is 5.75 Å². The molecule has 1 fully saturated rings. The molecule has 3 rings (SSSR count). The summed E-state index contributed by atoms with van der Waals surface area (Å²) in [6, 6.07) is 6.84. The van der Waals surface area contributed by atoms with E-state index in [2.05, 4.69) is 10.0 Å². The normalized spacial score (nSPS) is 22.9. The summed E-state index contributed by atoms with van der Waals surface area (Å²) < 4.78 is 99.2. The van der Waals surface area contributed by atoms with Crippen LogP contribution in [0.3, 0.4) is 0 Å². The van der Waals surface area contributed by atoms with Crippen molar-refractivity contribution in [3.63, 3.8) is 0 Å². The summed E-state index contributed by atoms with van der Waals surface area (Å²) in [7, 11) is -2.73. The Bertz CT molecular complexity index is 1270. The molecule has 0 bridgehead atoms. The highest BCUT2D eigenvalue weighted by Gasteiger charge is 2.60. The molecule has 1 aliphatic rings. The average Bonchev–Trinajstić information content (AvgIpc) is 3.13. The summed E-state index contributed by atoms with van der Waals surface area (Å²) >= 11 is 0.366. The number of hydrogen-bond donors (Lipinski definition) is 3. The van der Waals surface area contributed by atoms with Crippen LogP contribution in [0.4, 0.5) is 33.3 Å². The minimum Gasteiger partial charge on any atom is -0.493 e. The van der Waals surface area contributed by atoms with E-state index in [9.17, 15) is 35.2 Å². The Hall–Kier alpha value is -2.58. The summed E-state index contributed by atoms with van der Waals surface area (Å²) in [5, 5.41) is 1.15. The molecule has 0 aliphatic carbocycles. The van der Waals surface area contributed by atoms with Crippen molar-refractivity contribution in [1.82, 2.24) is 0 Å². The summed E-state index contributed by atoms with van der Waals surface area (Å²) in [4.78, 5) is 13.2. The van der Waals surface area contributed by atoms with Crippen LogP contribution in [0.25, 0.3) is 0 Å². The number of ether oxygens (including phenoxy) is 1. The number of alkyl halides is 3. The summed E-state index contributed by atoms with van der Waals surface area (Å²) in [6.07, 6.45) is -5.28. The number of carbonyl (C=O) groups is 1. The maximum atomic E-state index is 14.4. The van der Waals surface area contributed by atoms with Gasteiger partial charge in [-0.2, -0.15) is 17.6 Å². The third kappa shape index (κ3) is 6.47. The van der Waals surface area contributed by atoms with Crippen LogP contribution in [0.5, 0.6) is 5.75 Å². The Balaban J connectivity index is 1.93. The molecule has 1 unspecified atom stereocenters. The summed E-state index contributed by atoms with van der Waals surface area (Å²) in [5.74, 6) is -5.53. The first-order valence-corrected chi connectivity index (χ1v) is 13.5. The number of carbonyl (C=O) groups excluding carboxylic acids is 1. The van der Waals surface area contributed by atoms with Crippen molar-refractivity contribution in [2.24, 2.45) is 5.73 Å². The fourth-order valence-electron chi connectivity index (χ4n) is 4.12. The molecule has 204 valence electrons. The predicted molar refractivity (Wildman–Crippen MR) is 132 cm³/mol. The number of rotatable bonds is 8. The highest BCUT2D eigenvalue weighted by molar-refractivity contribution is 8.02. The van der Waals surface area contributed by atoms with Crippen LogP contribution in [0, 0.1) is 11.6 Å². The second-order valence-corrected chi connectivity index (χ2v) is 12.4. The fraction of sp³-hybridized carbons (Fsp3) is 0.435. The van der Waals surface area contributed by atoms with Gasteiger partial charge >= 0.3 is 6.18 Å². The Morgan fingerprint density at radius 1 is 1.24 bits per heavy atom. The number of thioether (sulfide) groups is 1. The molecular formula is C23H26F5N3O4S2. The van der Waals surface area contributed by atoms with Gasteiger partial charge in [0.1, 0.15) is 4.75 Å². The van der Waals surface area contributed by atoms with Gasteiger partial charge < -0.3 is 15.8 Å². The van der Waals surface area contributed by atoms with Crippen LogP contribution >= 0.6 is 11.8 Å². The highest BCUT2D eigenvalue weighted by atomic mass is 32.2.